The SMILES string of the molecule is Cc1csc([C@@H](C#N)C(=O)COC(=O)c2oc3ccc(F)cc3c2C)n1. The summed E-state index contributed by atoms with van der Waals surface area (Å²) in [7, 11) is 0. The first-order valence-electron chi connectivity index (χ1n) is 7.61. The average molecular weight is 372 g/mol. The average Bonchev–Trinajstić information content (AvgIpc) is 3.17. The molecule has 0 unspecified atom stereocenters. The third-order valence-electron chi connectivity index (χ3n) is 3.76. The highest BCUT2D eigenvalue weighted by Gasteiger charge is 2.26. The van der Waals surface area contributed by atoms with Crippen LogP contribution in [0.3, 0.4) is 0 Å². The minimum absolute atomic E-state index is 0.1000. The van der Waals surface area contributed by atoms with Crippen LogP contribution in [0.4, 0.5) is 4.39 Å². The second-order valence-electron chi connectivity index (χ2n) is 5.63. The van der Waals surface area contributed by atoms with Gasteiger partial charge in [-0.2, -0.15) is 5.26 Å². The Bertz CT molecular complexity index is 1050. The van der Waals surface area contributed by atoms with Crippen LogP contribution in [0, 0.1) is 31.0 Å². The molecule has 0 saturated carbocycles. The number of nitriles is 1. The van der Waals surface area contributed by atoms with Crippen LogP contribution in [0.15, 0.2) is 28.0 Å². The summed E-state index contributed by atoms with van der Waals surface area (Å²) in [6, 6.07) is 5.77. The molecule has 6 nitrogen and oxygen atoms in total. The number of furan rings is 1. The number of rotatable bonds is 5. The summed E-state index contributed by atoms with van der Waals surface area (Å²) in [6.45, 7) is 2.77. The van der Waals surface area contributed by atoms with Gasteiger partial charge in [0.2, 0.25) is 5.76 Å². The molecule has 2 heterocycles. The zero-order valence-electron chi connectivity index (χ0n) is 13.9. The van der Waals surface area contributed by atoms with E-state index in [0.29, 0.717) is 27.2 Å². The fourth-order valence-electron chi connectivity index (χ4n) is 2.44. The molecule has 26 heavy (non-hydrogen) atoms. The summed E-state index contributed by atoms with van der Waals surface area (Å²) in [5, 5.41) is 11.8. The number of aryl methyl sites for hydroxylation is 2. The molecule has 0 fully saturated rings. The Morgan fingerprint density at radius 2 is 2.19 bits per heavy atom. The van der Waals surface area contributed by atoms with Crippen LogP contribution in [0.2, 0.25) is 0 Å². The molecule has 1 atom stereocenters. The van der Waals surface area contributed by atoms with Gasteiger partial charge in [0, 0.05) is 22.0 Å². The Hall–Kier alpha value is -3.05. The van der Waals surface area contributed by atoms with Crippen molar-refractivity contribution in [2.75, 3.05) is 6.61 Å². The Labute approximate surface area is 151 Å². The Morgan fingerprint density at radius 1 is 1.42 bits per heavy atom. The molecular weight excluding hydrogens is 359 g/mol. The number of aromatic nitrogens is 1. The normalized spacial score (nSPS) is 11.9. The van der Waals surface area contributed by atoms with Gasteiger partial charge in [0.25, 0.3) is 0 Å². The molecule has 0 saturated heterocycles. The molecule has 1 aromatic carbocycles. The number of hydrogen-bond donors (Lipinski definition) is 0. The van der Waals surface area contributed by atoms with Gasteiger partial charge in [-0.15, -0.1) is 11.3 Å². The fourth-order valence-corrected chi connectivity index (χ4v) is 3.30. The van der Waals surface area contributed by atoms with E-state index < -0.39 is 30.1 Å². The molecule has 3 rings (SSSR count). The van der Waals surface area contributed by atoms with Crippen molar-refractivity contribution in [1.82, 2.24) is 4.98 Å². The maximum atomic E-state index is 13.3. The zero-order valence-corrected chi connectivity index (χ0v) is 14.7. The Balaban J connectivity index is 1.73. The van der Waals surface area contributed by atoms with Crippen LogP contribution in [-0.4, -0.2) is 23.3 Å². The van der Waals surface area contributed by atoms with E-state index in [1.165, 1.54) is 29.5 Å². The van der Waals surface area contributed by atoms with Crippen molar-refractivity contribution in [3.05, 3.63) is 51.4 Å². The van der Waals surface area contributed by atoms with Crippen LogP contribution in [0.25, 0.3) is 11.0 Å². The van der Waals surface area contributed by atoms with Crippen LogP contribution >= 0.6 is 11.3 Å². The molecule has 0 amide bonds. The number of carbonyl (C=O) groups excluding carboxylic acids is 2. The van der Waals surface area contributed by atoms with Gasteiger partial charge in [0.15, 0.2) is 18.3 Å². The summed E-state index contributed by atoms with van der Waals surface area (Å²) in [6.07, 6.45) is 0. The predicted octanol–water partition coefficient (Wildman–Crippen LogP) is 3.68. The Morgan fingerprint density at radius 3 is 2.85 bits per heavy atom. The fraction of sp³-hybridized carbons (Fsp3) is 0.222. The van der Waals surface area contributed by atoms with E-state index in [0.717, 1.165) is 0 Å². The number of halogens is 1. The monoisotopic (exact) mass is 372 g/mol. The number of esters is 1. The van der Waals surface area contributed by atoms with E-state index in [9.17, 15) is 19.2 Å². The van der Waals surface area contributed by atoms with Crippen LogP contribution in [-0.2, 0) is 9.53 Å². The lowest BCUT2D eigenvalue weighted by molar-refractivity contribution is -0.122. The second kappa shape index (κ2) is 7.06. The predicted molar refractivity (Wildman–Crippen MR) is 91.4 cm³/mol. The number of hydrogen-bond acceptors (Lipinski definition) is 7. The molecule has 3 aromatic rings. The molecule has 0 radical (unpaired) electrons. The highest BCUT2D eigenvalue weighted by atomic mass is 32.1. The molecule has 0 aliphatic rings. The quantitative estimate of drug-likeness (QED) is 0.634. The smallest absolute Gasteiger partial charge is 0.374 e. The number of carbonyl (C=O) groups is 2. The van der Waals surface area contributed by atoms with Crippen LogP contribution < -0.4 is 0 Å². The standard InChI is InChI=1S/C18H13FN2O4S/c1-9-8-26-17(21-9)13(6-20)14(22)7-24-18(23)16-10(2)12-5-11(19)3-4-15(12)25-16/h3-5,8,13H,7H2,1-2H3/t13-/m0/s1. The summed E-state index contributed by atoms with van der Waals surface area (Å²) >= 11 is 1.20. The van der Waals surface area contributed by atoms with Crippen molar-refractivity contribution in [3.8, 4) is 6.07 Å². The maximum absolute atomic E-state index is 13.3. The first-order chi connectivity index (χ1) is 12.4. The summed E-state index contributed by atoms with van der Waals surface area (Å²) in [5.74, 6) is -3.06. The number of Topliss-reactive ketones (excluding diaryl/α,β-unsaturated/α-hetero) is 1. The molecular formula is C18H13FN2O4S. The maximum Gasteiger partial charge on any atom is 0.374 e. The van der Waals surface area contributed by atoms with Gasteiger partial charge in [-0.05, 0) is 32.0 Å². The van der Waals surface area contributed by atoms with Gasteiger partial charge in [-0.3, -0.25) is 4.79 Å². The van der Waals surface area contributed by atoms with Crippen LogP contribution in [0.1, 0.15) is 32.7 Å². The molecule has 8 heteroatoms. The molecule has 0 bridgehead atoms. The third kappa shape index (κ3) is 3.34. The van der Waals surface area contributed by atoms with Crippen molar-refractivity contribution in [2.24, 2.45) is 0 Å². The number of benzene rings is 1. The summed E-state index contributed by atoms with van der Waals surface area (Å²) in [4.78, 5) is 28.5. The minimum atomic E-state index is -1.09. The van der Waals surface area contributed by atoms with Crippen molar-refractivity contribution in [2.45, 2.75) is 19.8 Å². The lowest BCUT2D eigenvalue weighted by atomic mass is 10.1. The molecule has 0 aliphatic heterocycles. The largest absolute Gasteiger partial charge is 0.452 e. The first-order valence-corrected chi connectivity index (χ1v) is 8.48. The van der Waals surface area contributed by atoms with E-state index in [-0.39, 0.29) is 5.76 Å². The molecule has 0 spiro atoms. The Kier molecular flexibility index (Phi) is 4.82. The second-order valence-corrected chi connectivity index (χ2v) is 6.52. The third-order valence-corrected chi connectivity index (χ3v) is 4.79. The lowest BCUT2D eigenvalue weighted by Crippen LogP contribution is -2.20. The first kappa shape index (κ1) is 17.8. The van der Waals surface area contributed by atoms with Crippen molar-refractivity contribution in [3.63, 3.8) is 0 Å². The van der Waals surface area contributed by atoms with Crippen molar-refractivity contribution in [1.29, 1.82) is 5.26 Å². The summed E-state index contributed by atoms with van der Waals surface area (Å²) < 4.78 is 23.7. The van der Waals surface area contributed by atoms with Gasteiger partial charge >= 0.3 is 5.97 Å². The zero-order chi connectivity index (χ0) is 18.8. The van der Waals surface area contributed by atoms with Crippen molar-refractivity contribution >= 4 is 34.1 Å². The van der Waals surface area contributed by atoms with Crippen molar-refractivity contribution < 1.29 is 23.1 Å². The highest BCUT2D eigenvalue weighted by molar-refractivity contribution is 7.09. The minimum Gasteiger partial charge on any atom is -0.452 e. The van der Waals surface area contributed by atoms with Gasteiger partial charge in [0.1, 0.15) is 16.4 Å². The molecule has 2 aromatic heterocycles. The van der Waals surface area contributed by atoms with Gasteiger partial charge in [-0.1, -0.05) is 0 Å². The number of ether oxygens (including phenoxy) is 1. The van der Waals surface area contributed by atoms with E-state index in [1.807, 2.05) is 6.07 Å². The lowest BCUT2D eigenvalue weighted by Gasteiger charge is -2.06. The molecule has 132 valence electrons. The topological polar surface area (TPSA) is 93.2 Å². The van der Waals surface area contributed by atoms with E-state index in [4.69, 9.17) is 9.15 Å². The highest BCUT2D eigenvalue weighted by Crippen LogP contribution is 2.27. The number of thiazole rings is 1. The van der Waals surface area contributed by atoms with Crippen LogP contribution in [0.5, 0.6) is 0 Å². The van der Waals surface area contributed by atoms with Gasteiger partial charge in [0.05, 0.1) is 6.07 Å². The van der Waals surface area contributed by atoms with E-state index >= 15 is 0 Å². The van der Waals surface area contributed by atoms with Gasteiger partial charge < -0.3 is 9.15 Å². The number of fused-ring (bicyclic) bond motifs is 1. The molecule has 0 aliphatic carbocycles. The summed E-state index contributed by atoms with van der Waals surface area (Å²) in [5.41, 5.74) is 1.47. The molecule has 0 N–H and O–H groups in total. The van der Waals surface area contributed by atoms with E-state index in [1.54, 1.807) is 19.2 Å². The van der Waals surface area contributed by atoms with Gasteiger partial charge in [-0.25, -0.2) is 14.2 Å². The number of ketones is 1. The number of nitrogens with zero attached hydrogens (tertiary/aromatic N) is 2. The van der Waals surface area contributed by atoms with E-state index in [2.05, 4.69) is 4.98 Å².